The zero-order valence-electron chi connectivity index (χ0n) is 12.8. The van der Waals surface area contributed by atoms with Crippen molar-refractivity contribution in [3.8, 4) is 0 Å². The third kappa shape index (κ3) is 2.89. The van der Waals surface area contributed by atoms with E-state index in [1.165, 1.54) is 5.56 Å². The molecule has 0 spiro atoms. The fourth-order valence-electron chi connectivity index (χ4n) is 2.53. The molecule has 112 valence electrons. The van der Waals surface area contributed by atoms with Crippen molar-refractivity contribution in [2.75, 3.05) is 11.9 Å². The van der Waals surface area contributed by atoms with Gasteiger partial charge in [0.1, 0.15) is 5.69 Å². The van der Waals surface area contributed by atoms with Gasteiger partial charge >= 0.3 is 5.69 Å². The Morgan fingerprint density at radius 3 is 2.62 bits per heavy atom. The number of aryl methyl sites for hydroxylation is 3. The van der Waals surface area contributed by atoms with E-state index in [-0.39, 0.29) is 10.6 Å². The van der Waals surface area contributed by atoms with E-state index in [0.717, 1.165) is 5.56 Å². The summed E-state index contributed by atoms with van der Waals surface area (Å²) in [7, 11) is 3.60. The number of benzene rings is 1. The lowest BCUT2D eigenvalue weighted by molar-refractivity contribution is -0.384. The number of aromatic nitrogens is 2. The van der Waals surface area contributed by atoms with Crippen LogP contribution in [0.1, 0.15) is 23.7 Å². The summed E-state index contributed by atoms with van der Waals surface area (Å²) in [5.41, 5.74) is 2.95. The molecule has 2 rings (SSSR count). The van der Waals surface area contributed by atoms with Gasteiger partial charge in [-0.1, -0.05) is 31.2 Å². The number of hydrogen-bond donors (Lipinski definition) is 0. The highest BCUT2D eigenvalue weighted by molar-refractivity contribution is 5.61. The summed E-state index contributed by atoms with van der Waals surface area (Å²) in [6.45, 7) is 4.52. The van der Waals surface area contributed by atoms with E-state index in [4.69, 9.17) is 0 Å². The van der Waals surface area contributed by atoms with Gasteiger partial charge in [-0.3, -0.25) is 10.1 Å². The molecular formula is C15H20N4O2. The number of nitro groups is 1. The van der Waals surface area contributed by atoms with Gasteiger partial charge < -0.3 is 4.90 Å². The predicted molar refractivity (Wildman–Crippen MR) is 82.5 cm³/mol. The maximum atomic E-state index is 11.4. The van der Waals surface area contributed by atoms with Crippen molar-refractivity contribution in [3.63, 3.8) is 0 Å². The Morgan fingerprint density at radius 2 is 2.05 bits per heavy atom. The molecule has 1 heterocycles. The van der Waals surface area contributed by atoms with E-state index in [0.29, 0.717) is 24.5 Å². The second-order valence-corrected chi connectivity index (χ2v) is 5.14. The first kappa shape index (κ1) is 15.0. The van der Waals surface area contributed by atoms with Gasteiger partial charge in [-0.15, -0.1) is 0 Å². The molecule has 6 heteroatoms. The molecule has 0 bridgehead atoms. The summed E-state index contributed by atoms with van der Waals surface area (Å²) in [5, 5.41) is 15.6. The molecular weight excluding hydrogens is 268 g/mol. The minimum absolute atomic E-state index is 0.107. The van der Waals surface area contributed by atoms with Gasteiger partial charge in [0.2, 0.25) is 5.82 Å². The van der Waals surface area contributed by atoms with Gasteiger partial charge in [0.15, 0.2) is 0 Å². The summed E-state index contributed by atoms with van der Waals surface area (Å²) < 4.78 is 1.59. The second kappa shape index (κ2) is 5.95. The second-order valence-electron chi connectivity index (χ2n) is 5.14. The standard InChI is InChI=1S/C15H20N4O2/c1-5-13-14(19(20)21)15(18(4)16-13)17(3)10-12-9-7-6-8-11(12)2/h6-9H,5,10H2,1-4H3. The van der Waals surface area contributed by atoms with Crippen molar-refractivity contribution >= 4 is 11.5 Å². The Kier molecular flexibility index (Phi) is 4.26. The maximum absolute atomic E-state index is 11.4. The highest BCUT2D eigenvalue weighted by Crippen LogP contribution is 2.32. The van der Waals surface area contributed by atoms with Gasteiger partial charge in [-0.05, 0) is 24.5 Å². The fourth-order valence-corrected chi connectivity index (χ4v) is 2.53. The molecule has 0 saturated heterocycles. The molecule has 0 aliphatic carbocycles. The van der Waals surface area contributed by atoms with Crippen molar-refractivity contribution in [1.82, 2.24) is 9.78 Å². The first-order valence-corrected chi connectivity index (χ1v) is 6.91. The monoisotopic (exact) mass is 288 g/mol. The Labute approximate surface area is 124 Å². The Morgan fingerprint density at radius 1 is 1.38 bits per heavy atom. The van der Waals surface area contributed by atoms with E-state index in [2.05, 4.69) is 5.10 Å². The lowest BCUT2D eigenvalue weighted by Crippen LogP contribution is -2.21. The third-order valence-corrected chi connectivity index (χ3v) is 3.61. The number of rotatable bonds is 5. The van der Waals surface area contributed by atoms with Crippen LogP contribution in [0.4, 0.5) is 11.5 Å². The summed E-state index contributed by atoms with van der Waals surface area (Å²) >= 11 is 0. The fraction of sp³-hybridized carbons (Fsp3) is 0.400. The van der Waals surface area contributed by atoms with Crippen molar-refractivity contribution in [2.45, 2.75) is 26.8 Å². The molecule has 0 unspecified atom stereocenters. The molecule has 2 aromatic rings. The van der Waals surface area contributed by atoms with Crippen LogP contribution < -0.4 is 4.90 Å². The molecule has 0 radical (unpaired) electrons. The molecule has 0 amide bonds. The number of hydrogen-bond acceptors (Lipinski definition) is 4. The van der Waals surface area contributed by atoms with E-state index in [9.17, 15) is 10.1 Å². The van der Waals surface area contributed by atoms with Crippen LogP contribution in [0.15, 0.2) is 24.3 Å². The maximum Gasteiger partial charge on any atom is 0.334 e. The molecule has 0 saturated carbocycles. The Balaban J connectivity index is 2.40. The molecule has 1 aromatic carbocycles. The molecule has 0 atom stereocenters. The normalized spacial score (nSPS) is 10.7. The molecule has 21 heavy (non-hydrogen) atoms. The highest BCUT2D eigenvalue weighted by atomic mass is 16.6. The summed E-state index contributed by atoms with van der Waals surface area (Å²) in [5.74, 6) is 0.542. The minimum atomic E-state index is -0.338. The zero-order valence-corrected chi connectivity index (χ0v) is 12.8. The van der Waals surface area contributed by atoms with Gasteiger partial charge in [0, 0.05) is 20.6 Å². The van der Waals surface area contributed by atoms with Crippen molar-refractivity contribution < 1.29 is 4.92 Å². The third-order valence-electron chi connectivity index (χ3n) is 3.61. The van der Waals surface area contributed by atoms with Crippen LogP contribution in [0.25, 0.3) is 0 Å². The smallest absolute Gasteiger partial charge is 0.334 e. The summed E-state index contributed by atoms with van der Waals surface area (Å²) in [6.07, 6.45) is 0.544. The average Bonchev–Trinajstić information content (AvgIpc) is 2.78. The number of nitrogens with zero attached hydrogens (tertiary/aromatic N) is 4. The topological polar surface area (TPSA) is 64.2 Å². The van der Waals surface area contributed by atoms with Crippen LogP contribution in [0, 0.1) is 17.0 Å². The molecule has 1 aromatic heterocycles. The quantitative estimate of drug-likeness (QED) is 0.627. The Hall–Kier alpha value is -2.37. The first-order valence-electron chi connectivity index (χ1n) is 6.91. The van der Waals surface area contributed by atoms with E-state index < -0.39 is 0 Å². The minimum Gasteiger partial charge on any atom is -0.350 e. The van der Waals surface area contributed by atoms with Crippen molar-refractivity contribution in [1.29, 1.82) is 0 Å². The van der Waals surface area contributed by atoms with Crippen LogP contribution in [0.2, 0.25) is 0 Å². The predicted octanol–water partition coefficient (Wildman–Crippen LogP) is 2.84. The molecule has 0 aliphatic rings. The van der Waals surface area contributed by atoms with Gasteiger partial charge in [0.05, 0.1) is 4.92 Å². The first-order chi connectivity index (χ1) is 9.95. The largest absolute Gasteiger partial charge is 0.350 e. The average molecular weight is 288 g/mol. The molecule has 6 nitrogen and oxygen atoms in total. The van der Waals surface area contributed by atoms with Crippen LogP contribution in [-0.4, -0.2) is 21.8 Å². The molecule has 0 N–H and O–H groups in total. The van der Waals surface area contributed by atoms with Gasteiger partial charge in [-0.2, -0.15) is 5.10 Å². The van der Waals surface area contributed by atoms with E-state index in [1.807, 2.05) is 50.1 Å². The van der Waals surface area contributed by atoms with Crippen molar-refractivity contribution in [2.24, 2.45) is 7.05 Å². The lowest BCUT2D eigenvalue weighted by atomic mass is 10.1. The van der Waals surface area contributed by atoms with Crippen LogP contribution in [-0.2, 0) is 20.0 Å². The van der Waals surface area contributed by atoms with Crippen LogP contribution in [0.3, 0.4) is 0 Å². The summed E-state index contributed by atoms with van der Waals surface area (Å²) in [4.78, 5) is 12.9. The summed E-state index contributed by atoms with van der Waals surface area (Å²) in [6, 6.07) is 8.04. The SMILES string of the molecule is CCc1nn(C)c(N(C)Cc2ccccc2C)c1[N+](=O)[O-]. The lowest BCUT2D eigenvalue weighted by Gasteiger charge is -2.19. The van der Waals surface area contributed by atoms with E-state index >= 15 is 0 Å². The number of anilines is 1. The highest BCUT2D eigenvalue weighted by Gasteiger charge is 2.28. The van der Waals surface area contributed by atoms with Crippen LogP contribution >= 0.6 is 0 Å². The van der Waals surface area contributed by atoms with Gasteiger partial charge in [0.25, 0.3) is 0 Å². The molecule has 0 fully saturated rings. The van der Waals surface area contributed by atoms with Crippen LogP contribution in [0.5, 0.6) is 0 Å². The van der Waals surface area contributed by atoms with E-state index in [1.54, 1.807) is 11.7 Å². The zero-order chi connectivity index (χ0) is 15.6. The van der Waals surface area contributed by atoms with Crippen molar-refractivity contribution in [3.05, 3.63) is 51.2 Å². The molecule has 0 aliphatic heterocycles. The van der Waals surface area contributed by atoms with Gasteiger partial charge in [-0.25, -0.2) is 4.68 Å². The Bertz CT molecular complexity index is 664.